The van der Waals surface area contributed by atoms with E-state index in [0.29, 0.717) is 19.8 Å². The Morgan fingerprint density at radius 2 is 1.92 bits per heavy atom. The van der Waals surface area contributed by atoms with Crippen molar-refractivity contribution < 1.29 is 24.1 Å². The first-order valence-electron chi connectivity index (χ1n) is 7.63. The molecule has 7 nitrogen and oxygen atoms in total. The van der Waals surface area contributed by atoms with Crippen molar-refractivity contribution in [2.45, 2.75) is 36.9 Å². The van der Waals surface area contributed by atoms with Crippen molar-refractivity contribution in [1.29, 1.82) is 0 Å². The van der Waals surface area contributed by atoms with Crippen molar-refractivity contribution in [2.75, 3.05) is 19.8 Å². The van der Waals surface area contributed by atoms with Gasteiger partial charge in [0.05, 0.1) is 19.3 Å². The fourth-order valence-electron chi connectivity index (χ4n) is 2.73. The van der Waals surface area contributed by atoms with Crippen LogP contribution < -0.4 is 11.5 Å². The van der Waals surface area contributed by atoms with Crippen LogP contribution in [0.3, 0.4) is 0 Å². The molecule has 9 heteroatoms. The van der Waals surface area contributed by atoms with Gasteiger partial charge in [-0.15, -0.1) is 23.3 Å². The van der Waals surface area contributed by atoms with Gasteiger partial charge in [0.1, 0.15) is 18.3 Å². The number of nitrogens with two attached hydrogens (primary N) is 2. The number of hydrogen-bond acceptors (Lipinski definition) is 9. The fraction of sp³-hybridized carbons (Fsp3) is 0.600. The summed E-state index contributed by atoms with van der Waals surface area (Å²) in [5.74, 6) is 0. The molecule has 2 aliphatic rings. The molecule has 1 aromatic carbocycles. The van der Waals surface area contributed by atoms with Crippen LogP contribution in [0.1, 0.15) is 11.9 Å². The van der Waals surface area contributed by atoms with Gasteiger partial charge in [-0.05, 0) is 0 Å². The monoisotopic (exact) mass is 376 g/mol. The molecule has 24 heavy (non-hydrogen) atoms. The Morgan fingerprint density at radius 3 is 2.58 bits per heavy atom. The van der Waals surface area contributed by atoms with E-state index in [-0.39, 0.29) is 0 Å². The molecule has 0 saturated carbocycles. The van der Waals surface area contributed by atoms with Crippen molar-refractivity contribution in [3.05, 3.63) is 35.9 Å². The van der Waals surface area contributed by atoms with E-state index in [9.17, 15) is 5.11 Å². The molecular weight excluding hydrogens is 352 g/mol. The summed E-state index contributed by atoms with van der Waals surface area (Å²) in [6, 6.07) is 8.86. The summed E-state index contributed by atoms with van der Waals surface area (Å²) in [4.78, 5) is 0. The SMILES string of the molecule is NCCOC1OC2COC(c3ccccc3)OC2C(O)C1N.SS. The number of aliphatic hydroxyl groups excluding tert-OH is 1. The Morgan fingerprint density at radius 1 is 1.21 bits per heavy atom. The number of benzene rings is 1. The van der Waals surface area contributed by atoms with Gasteiger partial charge < -0.3 is 35.5 Å². The van der Waals surface area contributed by atoms with Gasteiger partial charge in [-0.1, -0.05) is 30.3 Å². The van der Waals surface area contributed by atoms with Crippen LogP contribution in [-0.4, -0.2) is 55.5 Å². The van der Waals surface area contributed by atoms with Gasteiger partial charge in [0.15, 0.2) is 12.6 Å². The zero-order valence-electron chi connectivity index (χ0n) is 13.1. The lowest BCUT2D eigenvalue weighted by atomic mass is 9.96. The lowest BCUT2D eigenvalue weighted by Gasteiger charge is -2.46. The highest BCUT2D eigenvalue weighted by molar-refractivity contribution is 8.59. The van der Waals surface area contributed by atoms with Crippen molar-refractivity contribution in [1.82, 2.24) is 0 Å². The second-order valence-corrected chi connectivity index (χ2v) is 5.45. The summed E-state index contributed by atoms with van der Waals surface area (Å²) in [5, 5.41) is 10.4. The highest BCUT2D eigenvalue weighted by atomic mass is 33.1. The molecule has 3 rings (SSSR count). The van der Waals surface area contributed by atoms with Crippen molar-refractivity contribution >= 4 is 23.3 Å². The second-order valence-electron chi connectivity index (χ2n) is 5.45. The summed E-state index contributed by atoms with van der Waals surface area (Å²) in [7, 11) is 0. The van der Waals surface area contributed by atoms with E-state index in [2.05, 4.69) is 23.3 Å². The zero-order chi connectivity index (χ0) is 17.5. The molecule has 6 unspecified atom stereocenters. The van der Waals surface area contributed by atoms with Crippen molar-refractivity contribution in [2.24, 2.45) is 11.5 Å². The predicted molar refractivity (Wildman–Crippen MR) is 95.6 cm³/mol. The average molecular weight is 376 g/mol. The topological polar surface area (TPSA) is 109 Å². The summed E-state index contributed by atoms with van der Waals surface area (Å²) in [6.07, 6.45) is -3.10. The maximum atomic E-state index is 10.4. The van der Waals surface area contributed by atoms with Crippen LogP contribution >= 0.6 is 23.3 Å². The highest BCUT2D eigenvalue weighted by Crippen LogP contribution is 2.33. The number of thiol groups is 2. The van der Waals surface area contributed by atoms with Gasteiger partial charge in [0.25, 0.3) is 0 Å². The molecule has 1 aromatic rings. The third-order valence-electron chi connectivity index (χ3n) is 3.88. The molecule has 2 fully saturated rings. The molecule has 0 bridgehead atoms. The van der Waals surface area contributed by atoms with E-state index in [1.165, 1.54) is 0 Å². The van der Waals surface area contributed by atoms with E-state index < -0.39 is 36.9 Å². The summed E-state index contributed by atoms with van der Waals surface area (Å²) in [6.45, 7) is 0.979. The van der Waals surface area contributed by atoms with Crippen molar-refractivity contribution in [3.8, 4) is 0 Å². The molecule has 2 aliphatic heterocycles. The average Bonchev–Trinajstić information content (AvgIpc) is 2.65. The van der Waals surface area contributed by atoms with Crippen LogP contribution in [0, 0.1) is 0 Å². The molecule has 2 saturated heterocycles. The van der Waals surface area contributed by atoms with Gasteiger partial charge in [-0.2, -0.15) is 0 Å². The maximum absolute atomic E-state index is 10.4. The normalized spacial score (nSPS) is 35.5. The van der Waals surface area contributed by atoms with E-state index in [4.69, 9.17) is 30.4 Å². The number of rotatable bonds is 4. The second kappa shape index (κ2) is 9.95. The summed E-state index contributed by atoms with van der Waals surface area (Å²) in [5.41, 5.74) is 12.3. The van der Waals surface area contributed by atoms with Crippen LogP contribution in [0.15, 0.2) is 30.3 Å². The smallest absolute Gasteiger partial charge is 0.184 e. The fourth-order valence-corrected chi connectivity index (χ4v) is 2.73. The Kier molecular flexibility index (Phi) is 8.28. The minimum Gasteiger partial charge on any atom is -0.388 e. The summed E-state index contributed by atoms with van der Waals surface area (Å²) < 4.78 is 22.7. The van der Waals surface area contributed by atoms with Crippen LogP contribution in [0.4, 0.5) is 0 Å². The third-order valence-corrected chi connectivity index (χ3v) is 3.88. The molecular formula is C15H24N2O5S2. The number of hydrogen-bond donors (Lipinski definition) is 5. The minimum atomic E-state index is -0.892. The first-order chi connectivity index (χ1) is 11.7. The van der Waals surface area contributed by atoms with Gasteiger partial charge >= 0.3 is 0 Å². The van der Waals surface area contributed by atoms with Crippen LogP contribution in [0.25, 0.3) is 0 Å². The standard InChI is InChI=1S/C15H22N2O5.H2S2/c16-6-7-19-15-11(17)12(18)13-10(21-15)8-20-14(22-13)9-4-2-1-3-5-9;1-2/h1-5,10-15,18H,6-8,16-17H2;1-2H. The zero-order valence-corrected chi connectivity index (χ0v) is 14.9. The summed E-state index contributed by atoms with van der Waals surface area (Å²) >= 11 is 6.44. The molecule has 0 aromatic heterocycles. The maximum Gasteiger partial charge on any atom is 0.184 e. The Balaban J connectivity index is 0.00000100. The number of fused-ring (bicyclic) bond motifs is 1. The van der Waals surface area contributed by atoms with Crippen molar-refractivity contribution in [3.63, 3.8) is 0 Å². The molecule has 0 amide bonds. The van der Waals surface area contributed by atoms with Gasteiger partial charge in [-0.25, -0.2) is 0 Å². The molecule has 0 radical (unpaired) electrons. The largest absolute Gasteiger partial charge is 0.388 e. The number of aliphatic hydroxyl groups is 1. The molecule has 0 spiro atoms. The first kappa shape index (κ1) is 20.0. The lowest BCUT2D eigenvalue weighted by molar-refractivity contribution is -0.341. The third kappa shape index (κ3) is 4.63. The van der Waals surface area contributed by atoms with E-state index in [1.54, 1.807) is 0 Å². The van der Waals surface area contributed by atoms with Gasteiger partial charge in [0.2, 0.25) is 0 Å². The van der Waals surface area contributed by atoms with Crippen LogP contribution in [-0.2, 0) is 18.9 Å². The van der Waals surface area contributed by atoms with Crippen LogP contribution in [0.5, 0.6) is 0 Å². The highest BCUT2D eigenvalue weighted by Gasteiger charge is 2.48. The quantitative estimate of drug-likeness (QED) is 0.379. The Labute approximate surface area is 151 Å². The Bertz CT molecular complexity index is 482. The van der Waals surface area contributed by atoms with E-state index in [0.717, 1.165) is 5.56 Å². The molecule has 5 N–H and O–H groups in total. The van der Waals surface area contributed by atoms with E-state index in [1.807, 2.05) is 30.3 Å². The number of ether oxygens (including phenoxy) is 4. The predicted octanol–water partition coefficient (Wildman–Crippen LogP) is 0.250. The Hall–Kier alpha value is -0.360. The first-order valence-corrected chi connectivity index (χ1v) is 9.23. The van der Waals surface area contributed by atoms with Gasteiger partial charge in [-0.3, -0.25) is 0 Å². The van der Waals surface area contributed by atoms with Gasteiger partial charge in [0, 0.05) is 12.1 Å². The molecule has 136 valence electrons. The van der Waals surface area contributed by atoms with E-state index >= 15 is 0 Å². The lowest BCUT2D eigenvalue weighted by Crippen LogP contribution is -2.65. The molecule has 2 heterocycles. The van der Waals surface area contributed by atoms with Crippen LogP contribution in [0.2, 0.25) is 0 Å². The minimum absolute atomic E-state index is 0.302. The molecule has 6 atom stereocenters. The molecule has 0 aliphatic carbocycles.